The molecule has 1 fully saturated rings. The number of hydrogen-bond acceptors (Lipinski definition) is 3. The summed E-state index contributed by atoms with van der Waals surface area (Å²) in [5, 5.41) is 0. The second-order valence-corrected chi connectivity index (χ2v) is 5.62. The number of halogens is 1. The molecule has 1 aromatic carbocycles. The average Bonchev–Trinajstić information content (AvgIpc) is 2.67. The van der Waals surface area contributed by atoms with Crippen molar-refractivity contribution in [2.75, 3.05) is 31.6 Å². The van der Waals surface area contributed by atoms with Gasteiger partial charge in [-0.05, 0) is 45.5 Å². The number of likely N-dealkylation sites (tertiary alicyclic amines) is 1. The molecule has 0 amide bonds. The number of hydrogen-bond donors (Lipinski definition) is 1. The molecule has 1 aromatic rings. The van der Waals surface area contributed by atoms with E-state index in [1.807, 2.05) is 6.07 Å². The van der Waals surface area contributed by atoms with Crippen LogP contribution in [-0.2, 0) is 0 Å². The Morgan fingerprint density at radius 1 is 1.53 bits per heavy atom. The smallest absolute Gasteiger partial charge is 0.125 e. The van der Waals surface area contributed by atoms with Gasteiger partial charge in [-0.3, -0.25) is 0 Å². The molecule has 19 heavy (non-hydrogen) atoms. The lowest BCUT2D eigenvalue weighted by atomic mass is 9.93. The first-order valence-corrected chi connectivity index (χ1v) is 6.96. The highest BCUT2D eigenvalue weighted by atomic mass is 19.1. The summed E-state index contributed by atoms with van der Waals surface area (Å²) in [6, 6.07) is 7.32. The molecular weight excluding hydrogens is 241 g/mol. The zero-order chi connectivity index (χ0) is 14.0. The van der Waals surface area contributed by atoms with E-state index in [9.17, 15) is 4.39 Å². The van der Waals surface area contributed by atoms with E-state index in [1.54, 1.807) is 12.1 Å². The highest BCUT2D eigenvalue weighted by Crippen LogP contribution is 2.34. The van der Waals surface area contributed by atoms with E-state index in [1.165, 1.54) is 6.07 Å². The number of nitrogens with two attached hydrogens (primary N) is 1. The Balaban J connectivity index is 2.35. The summed E-state index contributed by atoms with van der Waals surface area (Å²) < 4.78 is 13.5. The van der Waals surface area contributed by atoms with Crippen molar-refractivity contribution in [2.45, 2.75) is 31.8 Å². The summed E-state index contributed by atoms with van der Waals surface area (Å²) in [4.78, 5) is 4.59. The number of anilines is 1. The molecule has 2 unspecified atom stereocenters. The standard InChI is InChI=1S/C15H24FN3/c1-4-19(14-7-5-6-13(16)8-14)15(10-17)9-12(2)18(3)11-15/h5-8,12H,4,9-11,17H2,1-3H3. The largest absolute Gasteiger partial charge is 0.363 e. The third kappa shape index (κ3) is 2.60. The maximum absolute atomic E-state index is 13.5. The Labute approximate surface area is 115 Å². The van der Waals surface area contributed by atoms with Gasteiger partial charge in [0.05, 0.1) is 5.54 Å². The molecule has 0 bridgehead atoms. The molecule has 1 saturated heterocycles. The van der Waals surface area contributed by atoms with E-state index < -0.39 is 0 Å². The van der Waals surface area contributed by atoms with Gasteiger partial charge in [-0.2, -0.15) is 0 Å². The van der Waals surface area contributed by atoms with Crippen LogP contribution in [0.2, 0.25) is 0 Å². The zero-order valence-electron chi connectivity index (χ0n) is 12.1. The summed E-state index contributed by atoms with van der Waals surface area (Å²) in [5.74, 6) is -0.192. The Morgan fingerprint density at radius 3 is 2.74 bits per heavy atom. The maximum atomic E-state index is 13.5. The summed E-state index contributed by atoms with van der Waals surface area (Å²) in [7, 11) is 2.13. The maximum Gasteiger partial charge on any atom is 0.125 e. The first-order chi connectivity index (χ1) is 9.02. The van der Waals surface area contributed by atoms with Crippen molar-refractivity contribution in [1.82, 2.24) is 4.90 Å². The number of nitrogens with zero attached hydrogens (tertiary/aromatic N) is 2. The van der Waals surface area contributed by atoms with Crippen molar-refractivity contribution in [3.8, 4) is 0 Å². The molecule has 0 spiro atoms. The first-order valence-electron chi connectivity index (χ1n) is 6.96. The van der Waals surface area contributed by atoms with Crippen molar-refractivity contribution < 1.29 is 4.39 Å². The second kappa shape index (κ2) is 5.47. The summed E-state index contributed by atoms with van der Waals surface area (Å²) >= 11 is 0. The highest BCUT2D eigenvalue weighted by Gasteiger charge is 2.43. The monoisotopic (exact) mass is 265 g/mol. The van der Waals surface area contributed by atoms with Crippen LogP contribution < -0.4 is 10.6 Å². The van der Waals surface area contributed by atoms with Gasteiger partial charge in [-0.25, -0.2) is 4.39 Å². The number of likely N-dealkylation sites (N-methyl/N-ethyl adjacent to an activating group) is 2. The molecule has 3 nitrogen and oxygen atoms in total. The van der Waals surface area contributed by atoms with Gasteiger partial charge in [0.2, 0.25) is 0 Å². The molecule has 0 radical (unpaired) electrons. The van der Waals surface area contributed by atoms with Gasteiger partial charge < -0.3 is 15.5 Å². The molecule has 1 aliphatic rings. The third-order valence-corrected chi connectivity index (χ3v) is 4.36. The first kappa shape index (κ1) is 14.3. The Bertz CT molecular complexity index is 425. The molecule has 4 heteroatoms. The van der Waals surface area contributed by atoms with Gasteiger partial charge in [0.15, 0.2) is 0 Å². The van der Waals surface area contributed by atoms with Crippen molar-refractivity contribution in [3.63, 3.8) is 0 Å². The van der Waals surface area contributed by atoms with Gasteiger partial charge in [0, 0.05) is 31.4 Å². The van der Waals surface area contributed by atoms with Crippen LogP contribution in [0.15, 0.2) is 24.3 Å². The SMILES string of the molecule is CCN(c1cccc(F)c1)C1(CN)CC(C)N(C)C1. The van der Waals surface area contributed by atoms with Crippen LogP contribution in [-0.4, -0.2) is 43.2 Å². The lowest BCUT2D eigenvalue weighted by Crippen LogP contribution is -2.56. The van der Waals surface area contributed by atoms with Crippen molar-refractivity contribution in [1.29, 1.82) is 0 Å². The molecule has 2 N–H and O–H groups in total. The van der Waals surface area contributed by atoms with Crippen LogP contribution in [0.1, 0.15) is 20.3 Å². The molecule has 0 saturated carbocycles. The quantitative estimate of drug-likeness (QED) is 0.904. The lowest BCUT2D eigenvalue weighted by Gasteiger charge is -2.42. The number of benzene rings is 1. The lowest BCUT2D eigenvalue weighted by molar-refractivity contribution is 0.316. The zero-order valence-corrected chi connectivity index (χ0v) is 12.1. The molecule has 1 aliphatic heterocycles. The molecule has 0 aliphatic carbocycles. The van der Waals surface area contributed by atoms with E-state index in [0.29, 0.717) is 12.6 Å². The summed E-state index contributed by atoms with van der Waals surface area (Å²) in [5.41, 5.74) is 6.92. The summed E-state index contributed by atoms with van der Waals surface area (Å²) in [6.45, 7) is 6.67. The molecule has 1 heterocycles. The Hall–Kier alpha value is -1.13. The highest BCUT2D eigenvalue weighted by molar-refractivity contribution is 5.50. The van der Waals surface area contributed by atoms with Gasteiger partial charge in [-0.15, -0.1) is 0 Å². The molecular formula is C15H24FN3. The second-order valence-electron chi connectivity index (χ2n) is 5.62. The average molecular weight is 265 g/mol. The minimum atomic E-state index is -0.192. The van der Waals surface area contributed by atoms with Crippen LogP contribution in [0.4, 0.5) is 10.1 Å². The van der Waals surface area contributed by atoms with Crippen LogP contribution in [0, 0.1) is 5.82 Å². The van der Waals surface area contributed by atoms with Crippen molar-refractivity contribution in [3.05, 3.63) is 30.1 Å². The third-order valence-electron chi connectivity index (χ3n) is 4.36. The fourth-order valence-corrected chi connectivity index (χ4v) is 3.28. The van der Waals surface area contributed by atoms with E-state index >= 15 is 0 Å². The van der Waals surface area contributed by atoms with Crippen molar-refractivity contribution >= 4 is 5.69 Å². The van der Waals surface area contributed by atoms with Gasteiger partial charge in [-0.1, -0.05) is 6.07 Å². The predicted molar refractivity (Wildman–Crippen MR) is 77.9 cm³/mol. The fourth-order valence-electron chi connectivity index (χ4n) is 3.28. The van der Waals surface area contributed by atoms with Crippen LogP contribution in [0.25, 0.3) is 0 Å². The topological polar surface area (TPSA) is 32.5 Å². The fraction of sp³-hybridized carbons (Fsp3) is 0.600. The molecule has 2 atom stereocenters. The van der Waals surface area contributed by atoms with E-state index in [0.717, 1.165) is 25.2 Å². The number of rotatable bonds is 4. The minimum absolute atomic E-state index is 0.0866. The van der Waals surface area contributed by atoms with E-state index in [-0.39, 0.29) is 11.4 Å². The van der Waals surface area contributed by atoms with Gasteiger partial charge in [0.25, 0.3) is 0 Å². The van der Waals surface area contributed by atoms with Gasteiger partial charge in [0.1, 0.15) is 5.82 Å². The van der Waals surface area contributed by atoms with Gasteiger partial charge >= 0.3 is 0 Å². The molecule has 0 aromatic heterocycles. The predicted octanol–water partition coefficient (Wildman–Crippen LogP) is 2.07. The van der Waals surface area contributed by atoms with Crippen LogP contribution in [0.5, 0.6) is 0 Å². The van der Waals surface area contributed by atoms with Crippen LogP contribution >= 0.6 is 0 Å². The summed E-state index contributed by atoms with van der Waals surface area (Å²) in [6.07, 6.45) is 1.02. The van der Waals surface area contributed by atoms with E-state index in [2.05, 4.69) is 30.7 Å². The molecule has 2 rings (SSSR count). The van der Waals surface area contributed by atoms with Crippen LogP contribution in [0.3, 0.4) is 0 Å². The van der Waals surface area contributed by atoms with E-state index in [4.69, 9.17) is 5.73 Å². The van der Waals surface area contributed by atoms with Crippen molar-refractivity contribution in [2.24, 2.45) is 5.73 Å². The minimum Gasteiger partial charge on any atom is -0.363 e. The Kier molecular flexibility index (Phi) is 4.11. The Morgan fingerprint density at radius 2 is 2.26 bits per heavy atom. The molecule has 106 valence electrons. The normalized spacial score (nSPS) is 27.7.